The molecule has 27 heavy (non-hydrogen) atoms. The van der Waals surface area contributed by atoms with Gasteiger partial charge in [-0.25, -0.2) is 0 Å². The molecule has 0 saturated carbocycles. The Morgan fingerprint density at radius 3 is 2.37 bits per heavy atom. The summed E-state index contributed by atoms with van der Waals surface area (Å²) in [5.41, 5.74) is 1.07. The Balaban J connectivity index is 2.02. The molecule has 0 aliphatic carbocycles. The predicted molar refractivity (Wildman–Crippen MR) is 102 cm³/mol. The summed E-state index contributed by atoms with van der Waals surface area (Å²) >= 11 is 5.92. The maximum Gasteiger partial charge on any atom is 0.313 e. The lowest BCUT2D eigenvalue weighted by molar-refractivity contribution is -0.136. The van der Waals surface area contributed by atoms with E-state index in [4.69, 9.17) is 25.8 Å². The highest BCUT2D eigenvalue weighted by molar-refractivity contribution is 6.40. The van der Waals surface area contributed by atoms with Crippen LogP contribution in [0.2, 0.25) is 5.02 Å². The molecular formula is C19H21ClN2O5. The van der Waals surface area contributed by atoms with Gasteiger partial charge in [-0.2, -0.15) is 0 Å². The molecule has 8 heteroatoms. The fourth-order valence-corrected chi connectivity index (χ4v) is 2.65. The van der Waals surface area contributed by atoms with Crippen LogP contribution in [0.4, 0.5) is 5.69 Å². The molecule has 0 unspecified atom stereocenters. The van der Waals surface area contributed by atoms with Crippen molar-refractivity contribution in [2.75, 3.05) is 33.2 Å². The zero-order valence-corrected chi connectivity index (χ0v) is 16.0. The van der Waals surface area contributed by atoms with Crippen molar-refractivity contribution in [3.05, 3.63) is 53.1 Å². The number of benzene rings is 2. The number of ether oxygens (including phenoxy) is 3. The molecule has 144 valence electrons. The largest absolute Gasteiger partial charge is 0.496 e. The Bertz CT molecular complexity index is 812. The summed E-state index contributed by atoms with van der Waals surface area (Å²) in [5, 5.41) is 5.44. The number of halogens is 1. The van der Waals surface area contributed by atoms with Gasteiger partial charge in [0.2, 0.25) is 0 Å². The summed E-state index contributed by atoms with van der Waals surface area (Å²) in [7, 11) is 4.52. The summed E-state index contributed by atoms with van der Waals surface area (Å²) in [6.07, 6.45) is -0.474. The van der Waals surface area contributed by atoms with Gasteiger partial charge >= 0.3 is 11.8 Å². The second-order valence-electron chi connectivity index (χ2n) is 5.48. The number of methoxy groups -OCH3 is 3. The lowest BCUT2D eigenvalue weighted by Crippen LogP contribution is -2.38. The topological polar surface area (TPSA) is 85.9 Å². The molecule has 2 amide bonds. The van der Waals surface area contributed by atoms with E-state index < -0.39 is 17.9 Å². The molecule has 1 atom stereocenters. The second kappa shape index (κ2) is 9.80. The quantitative estimate of drug-likeness (QED) is 0.708. The number of nitrogens with one attached hydrogen (secondary N) is 2. The molecule has 2 N–H and O–H groups in total. The zero-order chi connectivity index (χ0) is 19.8. The number of anilines is 1. The summed E-state index contributed by atoms with van der Waals surface area (Å²) in [6.45, 7) is 0.0931. The van der Waals surface area contributed by atoms with E-state index in [0.29, 0.717) is 22.2 Å². The van der Waals surface area contributed by atoms with Crippen LogP contribution in [0.5, 0.6) is 11.5 Å². The number of carbonyl (C=O) groups excluding carboxylic acids is 2. The summed E-state index contributed by atoms with van der Waals surface area (Å²) in [6, 6.07) is 12.0. The van der Waals surface area contributed by atoms with E-state index in [9.17, 15) is 9.59 Å². The van der Waals surface area contributed by atoms with Gasteiger partial charge in [0.25, 0.3) is 0 Å². The first kappa shape index (κ1) is 20.5. The molecule has 2 aromatic carbocycles. The molecule has 0 aliphatic rings. The average molecular weight is 393 g/mol. The van der Waals surface area contributed by atoms with Crippen LogP contribution >= 0.6 is 11.6 Å². The van der Waals surface area contributed by atoms with Crippen LogP contribution in [0.3, 0.4) is 0 Å². The van der Waals surface area contributed by atoms with Crippen LogP contribution in [0.25, 0.3) is 0 Å². The second-order valence-corrected chi connectivity index (χ2v) is 5.91. The standard InChI is InChI=1S/C19H21ClN2O5/c1-25-15-7-5-4-6-13(15)17(27-3)11-21-18(23)19(24)22-14-10-12(20)8-9-16(14)26-2/h4-10,17H,11H2,1-3H3,(H,21,23)(H,22,24)/t17-/m0/s1. The zero-order valence-electron chi connectivity index (χ0n) is 15.2. The molecule has 0 aliphatic heterocycles. The van der Waals surface area contributed by atoms with E-state index in [1.807, 2.05) is 18.2 Å². The lowest BCUT2D eigenvalue weighted by atomic mass is 10.1. The first-order valence-electron chi connectivity index (χ1n) is 8.08. The van der Waals surface area contributed by atoms with E-state index in [1.54, 1.807) is 25.3 Å². The molecule has 0 bridgehead atoms. The van der Waals surface area contributed by atoms with Gasteiger partial charge in [0, 0.05) is 24.2 Å². The highest BCUT2D eigenvalue weighted by Crippen LogP contribution is 2.28. The van der Waals surface area contributed by atoms with Crippen molar-refractivity contribution in [2.45, 2.75) is 6.10 Å². The van der Waals surface area contributed by atoms with Gasteiger partial charge in [0.05, 0.1) is 19.9 Å². The molecule has 0 aromatic heterocycles. The van der Waals surface area contributed by atoms with Crippen LogP contribution in [0, 0.1) is 0 Å². The number of amides is 2. The minimum Gasteiger partial charge on any atom is -0.496 e. The number of hydrogen-bond acceptors (Lipinski definition) is 5. The van der Waals surface area contributed by atoms with Gasteiger partial charge in [0.15, 0.2) is 0 Å². The van der Waals surface area contributed by atoms with Gasteiger partial charge in [-0.15, -0.1) is 0 Å². The van der Waals surface area contributed by atoms with E-state index in [2.05, 4.69) is 10.6 Å². The molecule has 7 nitrogen and oxygen atoms in total. The maximum absolute atomic E-state index is 12.2. The number of rotatable bonds is 7. The van der Waals surface area contributed by atoms with Crippen molar-refractivity contribution >= 4 is 29.1 Å². The summed E-state index contributed by atoms with van der Waals surface area (Å²) in [5.74, 6) is -0.629. The molecule has 0 heterocycles. The van der Waals surface area contributed by atoms with Crippen molar-refractivity contribution in [2.24, 2.45) is 0 Å². The fraction of sp³-hybridized carbons (Fsp3) is 0.263. The van der Waals surface area contributed by atoms with E-state index in [1.165, 1.54) is 20.3 Å². The molecule has 0 fully saturated rings. The van der Waals surface area contributed by atoms with Crippen LogP contribution in [-0.4, -0.2) is 39.7 Å². The smallest absolute Gasteiger partial charge is 0.313 e. The molecular weight excluding hydrogens is 372 g/mol. The third-order valence-corrected chi connectivity index (χ3v) is 4.07. The lowest BCUT2D eigenvalue weighted by Gasteiger charge is -2.19. The van der Waals surface area contributed by atoms with Crippen LogP contribution in [0.1, 0.15) is 11.7 Å². The first-order chi connectivity index (χ1) is 13.0. The fourth-order valence-electron chi connectivity index (χ4n) is 2.48. The van der Waals surface area contributed by atoms with Crippen LogP contribution < -0.4 is 20.1 Å². The Morgan fingerprint density at radius 1 is 1.00 bits per heavy atom. The Labute approximate surface area is 162 Å². The third kappa shape index (κ3) is 5.35. The van der Waals surface area contributed by atoms with Crippen LogP contribution in [-0.2, 0) is 14.3 Å². The maximum atomic E-state index is 12.2. The van der Waals surface area contributed by atoms with Gasteiger partial charge in [0.1, 0.15) is 17.6 Å². The summed E-state index contributed by atoms with van der Waals surface area (Å²) < 4.78 is 15.9. The minimum absolute atomic E-state index is 0.0931. The van der Waals surface area contributed by atoms with Crippen LogP contribution in [0.15, 0.2) is 42.5 Å². The predicted octanol–water partition coefficient (Wildman–Crippen LogP) is 2.80. The molecule has 2 rings (SSSR count). The van der Waals surface area contributed by atoms with Crippen molar-refractivity contribution in [1.29, 1.82) is 0 Å². The normalized spacial score (nSPS) is 11.4. The average Bonchev–Trinajstić information content (AvgIpc) is 2.68. The SMILES string of the molecule is COc1ccc(Cl)cc1NC(=O)C(=O)NC[C@H](OC)c1ccccc1OC. The minimum atomic E-state index is -0.842. The van der Waals surface area contributed by atoms with Gasteiger partial charge in [-0.3, -0.25) is 9.59 Å². The first-order valence-corrected chi connectivity index (χ1v) is 8.46. The van der Waals surface area contributed by atoms with E-state index >= 15 is 0 Å². The number of hydrogen-bond donors (Lipinski definition) is 2. The van der Waals surface area contributed by atoms with Gasteiger partial charge < -0.3 is 24.8 Å². The van der Waals surface area contributed by atoms with E-state index in [-0.39, 0.29) is 6.54 Å². The van der Waals surface area contributed by atoms with Gasteiger partial charge in [-0.1, -0.05) is 29.8 Å². The van der Waals surface area contributed by atoms with Crippen molar-refractivity contribution in [3.8, 4) is 11.5 Å². The van der Waals surface area contributed by atoms with Crippen molar-refractivity contribution < 1.29 is 23.8 Å². The molecule has 0 saturated heterocycles. The molecule has 0 radical (unpaired) electrons. The number of carbonyl (C=O) groups is 2. The Morgan fingerprint density at radius 2 is 1.70 bits per heavy atom. The third-order valence-electron chi connectivity index (χ3n) is 3.83. The Kier molecular flexibility index (Phi) is 7.45. The molecule has 0 spiro atoms. The van der Waals surface area contributed by atoms with Crippen molar-refractivity contribution in [3.63, 3.8) is 0 Å². The number of para-hydroxylation sites is 1. The Hall–Kier alpha value is -2.77. The van der Waals surface area contributed by atoms with Crippen molar-refractivity contribution in [1.82, 2.24) is 5.32 Å². The van der Waals surface area contributed by atoms with Gasteiger partial charge in [-0.05, 0) is 24.3 Å². The van der Waals surface area contributed by atoms with E-state index in [0.717, 1.165) is 5.56 Å². The summed E-state index contributed by atoms with van der Waals surface area (Å²) in [4.78, 5) is 24.3. The molecule has 2 aromatic rings. The highest BCUT2D eigenvalue weighted by atomic mass is 35.5. The monoisotopic (exact) mass is 392 g/mol. The highest BCUT2D eigenvalue weighted by Gasteiger charge is 2.20.